The lowest BCUT2D eigenvalue weighted by atomic mass is 9.98. The van der Waals surface area contributed by atoms with Crippen LogP contribution in [0.25, 0.3) is 0 Å². The van der Waals surface area contributed by atoms with Crippen LogP contribution in [0.2, 0.25) is 0 Å². The van der Waals surface area contributed by atoms with Crippen molar-refractivity contribution in [1.29, 1.82) is 0 Å². The van der Waals surface area contributed by atoms with Crippen molar-refractivity contribution >= 4 is 38.3 Å². The molecule has 1 atom stereocenters. The van der Waals surface area contributed by atoms with E-state index < -0.39 is 0 Å². The van der Waals surface area contributed by atoms with Crippen molar-refractivity contribution in [2.24, 2.45) is 5.92 Å². The molecule has 5 nitrogen and oxygen atoms in total. The second-order valence-corrected chi connectivity index (χ2v) is 6.46. The number of halogens is 1. The van der Waals surface area contributed by atoms with Crippen LogP contribution < -0.4 is 10.2 Å². The minimum atomic E-state index is 0.0424. The van der Waals surface area contributed by atoms with Crippen LogP contribution in [0.15, 0.2) is 3.92 Å². The number of nitrogens with zero attached hydrogens (tertiary/aromatic N) is 3. The van der Waals surface area contributed by atoms with Crippen LogP contribution in [0.4, 0.5) is 5.13 Å². The fourth-order valence-electron chi connectivity index (χ4n) is 2.02. The number of nitrogens with one attached hydrogen (secondary N) is 1. The van der Waals surface area contributed by atoms with Crippen molar-refractivity contribution in [3.05, 3.63) is 3.92 Å². The molecule has 2 rings (SSSR count). The van der Waals surface area contributed by atoms with E-state index >= 15 is 0 Å². The lowest BCUT2D eigenvalue weighted by Gasteiger charge is -2.32. The van der Waals surface area contributed by atoms with Gasteiger partial charge in [0.2, 0.25) is 11.0 Å². The van der Waals surface area contributed by atoms with Crippen molar-refractivity contribution in [2.75, 3.05) is 24.5 Å². The van der Waals surface area contributed by atoms with E-state index in [0.29, 0.717) is 5.92 Å². The van der Waals surface area contributed by atoms with Gasteiger partial charge in [0.25, 0.3) is 0 Å². The van der Waals surface area contributed by atoms with Crippen LogP contribution in [-0.4, -0.2) is 35.7 Å². The summed E-state index contributed by atoms with van der Waals surface area (Å²) in [5, 5.41) is 11.9. The Hall–Kier alpha value is -0.690. The number of piperidine rings is 1. The van der Waals surface area contributed by atoms with Crippen LogP contribution >= 0.6 is 27.3 Å². The minimum Gasteiger partial charge on any atom is -0.356 e. The zero-order chi connectivity index (χ0) is 12.3. The maximum absolute atomic E-state index is 10.9. The Bertz CT molecular complexity index is 397. The van der Waals surface area contributed by atoms with Crippen molar-refractivity contribution in [1.82, 2.24) is 15.5 Å². The minimum absolute atomic E-state index is 0.0424. The lowest BCUT2D eigenvalue weighted by molar-refractivity contribution is -0.119. The van der Waals surface area contributed by atoms with Crippen LogP contribution in [0.1, 0.15) is 19.8 Å². The highest BCUT2D eigenvalue weighted by Crippen LogP contribution is 2.27. The van der Waals surface area contributed by atoms with Gasteiger partial charge in [-0.2, -0.15) is 0 Å². The molecule has 94 valence electrons. The summed E-state index contributed by atoms with van der Waals surface area (Å²) in [6.45, 7) is 4.29. The highest BCUT2D eigenvalue weighted by Gasteiger charge is 2.22. The summed E-state index contributed by atoms with van der Waals surface area (Å²) in [6.07, 6.45) is 2.30. The van der Waals surface area contributed by atoms with E-state index in [1.54, 1.807) is 18.3 Å². The van der Waals surface area contributed by atoms with Gasteiger partial charge < -0.3 is 10.2 Å². The molecule has 0 saturated carbocycles. The number of rotatable bonds is 3. The third kappa shape index (κ3) is 3.64. The largest absolute Gasteiger partial charge is 0.356 e. The Morgan fingerprint density at radius 2 is 2.47 bits per heavy atom. The van der Waals surface area contributed by atoms with E-state index in [-0.39, 0.29) is 5.91 Å². The molecule has 0 aliphatic carbocycles. The molecule has 1 amide bonds. The first-order valence-electron chi connectivity index (χ1n) is 5.63. The van der Waals surface area contributed by atoms with Gasteiger partial charge in [0, 0.05) is 26.6 Å². The summed E-state index contributed by atoms with van der Waals surface area (Å²) in [5.74, 6) is 0.552. The SMILES string of the molecule is CC(=O)NC[C@@H]1CCCN(c2nnc(Br)s2)C1. The van der Waals surface area contributed by atoms with Crippen molar-refractivity contribution in [3.63, 3.8) is 0 Å². The summed E-state index contributed by atoms with van der Waals surface area (Å²) < 4.78 is 0.816. The molecular weight excluding hydrogens is 304 g/mol. The van der Waals surface area contributed by atoms with Gasteiger partial charge in [-0.3, -0.25) is 4.79 Å². The van der Waals surface area contributed by atoms with Gasteiger partial charge >= 0.3 is 0 Å². The summed E-state index contributed by atoms with van der Waals surface area (Å²) in [6, 6.07) is 0. The van der Waals surface area contributed by atoms with Crippen LogP contribution in [0.3, 0.4) is 0 Å². The number of hydrogen-bond acceptors (Lipinski definition) is 5. The van der Waals surface area contributed by atoms with Crippen molar-refractivity contribution in [3.8, 4) is 0 Å². The molecule has 17 heavy (non-hydrogen) atoms. The molecule has 1 aromatic rings. The van der Waals surface area contributed by atoms with E-state index in [9.17, 15) is 4.79 Å². The predicted molar refractivity (Wildman–Crippen MR) is 71.2 cm³/mol. The molecule has 7 heteroatoms. The third-order valence-corrected chi connectivity index (χ3v) is 4.24. The van der Waals surface area contributed by atoms with E-state index in [0.717, 1.165) is 41.5 Å². The second kappa shape index (κ2) is 5.77. The van der Waals surface area contributed by atoms with Gasteiger partial charge in [0.15, 0.2) is 3.92 Å². The first-order chi connectivity index (χ1) is 8.15. The number of anilines is 1. The molecule has 1 aliphatic heterocycles. The maximum Gasteiger partial charge on any atom is 0.216 e. The van der Waals surface area contributed by atoms with Gasteiger partial charge in [-0.15, -0.1) is 10.2 Å². The molecule has 2 heterocycles. The molecular formula is C10H15BrN4OS. The number of hydrogen-bond donors (Lipinski definition) is 1. The number of aromatic nitrogens is 2. The third-order valence-electron chi connectivity index (χ3n) is 2.82. The predicted octanol–water partition coefficient (Wildman–Crippen LogP) is 1.65. The Kier molecular flexibility index (Phi) is 4.33. The van der Waals surface area contributed by atoms with E-state index in [4.69, 9.17) is 0 Å². The zero-order valence-electron chi connectivity index (χ0n) is 9.65. The van der Waals surface area contributed by atoms with E-state index in [1.165, 1.54) is 0 Å². The Labute approximate surface area is 113 Å². The Morgan fingerprint density at radius 1 is 1.65 bits per heavy atom. The average molecular weight is 319 g/mol. The summed E-state index contributed by atoms with van der Waals surface area (Å²) in [7, 11) is 0. The fraction of sp³-hybridized carbons (Fsp3) is 0.700. The van der Waals surface area contributed by atoms with Crippen LogP contribution in [0, 0.1) is 5.92 Å². The molecule has 1 fully saturated rings. The van der Waals surface area contributed by atoms with E-state index in [2.05, 4.69) is 36.3 Å². The second-order valence-electron chi connectivity index (χ2n) is 4.23. The van der Waals surface area contributed by atoms with E-state index in [1.807, 2.05) is 0 Å². The van der Waals surface area contributed by atoms with Crippen molar-refractivity contribution in [2.45, 2.75) is 19.8 Å². The topological polar surface area (TPSA) is 58.1 Å². The first-order valence-corrected chi connectivity index (χ1v) is 7.24. The normalized spacial score (nSPS) is 20.4. The summed E-state index contributed by atoms with van der Waals surface area (Å²) >= 11 is 4.88. The van der Waals surface area contributed by atoms with Gasteiger partial charge in [0.05, 0.1) is 0 Å². The Balaban J connectivity index is 1.90. The first kappa shape index (κ1) is 12.8. The lowest BCUT2D eigenvalue weighted by Crippen LogP contribution is -2.40. The monoisotopic (exact) mass is 318 g/mol. The molecule has 0 radical (unpaired) electrons. The van der Waals surface area contributed by atoms with Gasteiger partial charge in [-0.25, -0.2) is 0 Å². The number of carbonyl (C=O) groups excluding carboxylic acids is 1. The fourth-order valence-corrected chi connectivity index (χ4v) is 3.14. The summed E-state index contributed by atoms with van der Waals surface area (Å²) in [5.41, 5.74) is 0. The molecule has 0 bridgehead atoms. The van der Waals surface area contributed by atoms with Crippen LogP contribution in [-0.2, 0) is 4.79 Å². The Morgan fingerprint density at radius 3 is 3.12 bits per heavy atom. The smallest absolute Gasteiger partial charge is 0.216 e. The number of amides is 1. The highest BCUT2D eigenvalue weighted by molar-refractivity contribution is 9.11. The van der Waals surface area contributed by atoms with Gasteiger partial charge in [-0.1, -0.05) is 11.3 Å². The van der Waals surface area contributed by atoms with Crippen LogP contribution in [0.5, 0.6) is 0 Å². The standard InChI is InChI=1S/C10H15BrN4OS/c1-7(16)12-5-8-3-2-4-15(6-8)10-14-13-9(11)17-10/h8H,2-6H2,1H3,(H,12,16)/t8-/m0/s1. The molecule has 1 aromatic heterocycles. The zero-order valence-corrected chi connectivity index (χ0v) is 12.1. The molecule has 0 unspecified atom stereocenters. The van der Waals surface area contributed by atoms with Gasteiger partial charge in [0.1, 0.15) is 0 Å². The molecule has 0 aromatic carbocycles. The molecule has 1 saturated heterocycles. The van der Waals surface area contributed by atoms with Crippen molar-refractivity contribution < 1.29 is 4.79 Å². The summed E-state index contributed by atoms with van der Waals surface area (Å²) in [4.78, 5) is 13.1. The van der Waals surface area contributed by atoms with Gasteiger partial charge in [-0.05, 0) is 34.7 Å². The average Bonchev–Trinajstić information content (AvgIpc) is 2.74. The maximum atomic E-state index is 10.9. The molecule has 1 N–H and O–H groups in total. The quantitative estimate of drug-likeness (QED) is 0.920. The molecule has 1 aliphatic rings. The molecule has 0 spiro atoms. The number of carbonyl (C=O) groups is 1. The highest BCUT2D eigenvalue weighted by atomic mass is 79.9.